The van der Waals surface area contributed by atoms with Crippen LogP contribution < -0.4 is 5.73 Å². The summed E-state index contributed by atoms with van der Waals surface area (Å²) in [6.45, 7) is 0.502. The molecule has 2 aromatic rings. The minimum absolute atomic E-state index is 0.502. The zero-order valence-corrected chi connectivity index (χ0v) is 10.0. The highest BCUT2D eigenvalue weighted by atomic mass is 35.5. The van der Waals surface area contributed by atoms with E-state index >= 15 is 0 Å². The molecule has 5 heteroatoms. The van der Waals surface area contributed by atoms with E-state index in [1.165, 1.54) is 11.8 Å². The minimum atomic E-state index is 0.502. The topological polar surface area (TPSA) is 51.8 Å². The molecule has 0 fully saturated rings. The van der Waals surface area contributed by atoms with Crippen molar-refractivity contribution in [3.63, 3.8) is 0 Å². The highest BCUT2D eigenvalue weighted by Gasteiger charge is 2.04. The Morgan fingerprint density at radius 3 is 2.75 bits per heavy atom. The van der Waals surface area contributed by atoms with Crippen molar-refractivity contribution in [1.82, 2.24) is 9.97 Å². The highest BCUT2D eigenvalue weighted by molar-refractivity contribution is 7.99. The average Bonchev–Trinajstić information content (AvgIpc) is 2.33. The number of rotatable bonds is 3. The molecule has 0 aliphatic carbocycles. The summed E-state index contributed by atoms with van der Waals surface area (Å²) in [5, 5.41) is 2.26. The summed E-state index contributed by atoms with van der Waals surface area (Å²) in [6.07, 6.45) is 3.47. The quantitative estimate of drug-likeness (QED) is 0.911. The lowest BCUT2D eigenvalue weighted by Gasteiger charge is -2.02. The lowest BCUT2D eigenvalue weighted by atomic mass is 10.3. The molecule has 2 heterocycles. The van der Waals surface area contributed by atoms with E-state index in [2.05, 4.69) is 9.97 Å². The average molecular weight is 252 g/mol. The highest BCUT2D eigenvalue weighted by Crippen LogP contribution is 2.29. The number of nitrogens with two attached hydrogens (primary N) is 1. The van der Waals surface area contributed by atoms with Crippen molar-refractivity contribution < 1.29 is 0 Å². The van der Waals surface area contributed by atoms with Crippen molar-refractivity contribution in [3.05, 3.63) is 47.2 Å². The Bertz CT molecular complexity index is 473. The number of hydrogen-bond acceptors (Lipinski definition) is 4. The minimum Gasteiger partial charge on any atom is -0.326 e. The molecular formula is C11H10ClN3S. The van der Waals surface area contributed by atoms with Crippen LogP contribution in [-0.4, -0.2) is 9.97 Å². The predicted molar refractivity (Wildman–Crippen MR) is 65.5 cm³/mol. The normalized spacial score (nSPS) is 10.4. The Labute approximate surface area is 103 Å². The maximum atomic E-state index is 6.00. The second-order valence-electron chi connectivity index (χ2n) is 3.10. The van der Waals surface area contributed by atoms with Crippen LogP contribution in [0.4, 0.5) is 0 Å². The molecule has 0 saturated carbocycles. The maximum absolute atomic E-state index is 6.00. The maximum Gasteiger partial charge on any atom is 0.121 e. The zero-order chi connectivity index (χ0) is 11.4. The first-order valence-electron chi connectivity index (χ1n) is 4.73. The van der Waals surface area contributed by atoms with Crippen LogP contribution in [0.3, 0.4) is 0 Å². The van der Waals surface area contributed by atoms with Gasteiger partial charge in [0.25, 0.3) is 0 Å². The van der Waals surface area contributed by atoms with Gasteiger partial charge < -0.3 is 5.73 Å². The summed E-state index contributed by atoms with van der Waals surface area (Å²) < 4.78 is 0. The third-order valence-electron chi connectivity index (χ3n) is 1.96. The Balaban J connectivity index is 2.18. The third-order valence-corrected chi connectivity index (χ3v) is 3.35. The van der Waals surface area contributed by atoms with Gasteiger partial charge in [-0.25, -0.2) is 9.97 Å². The van der Waals surface area contributed by atoms with E-state index in [9.17, 15) is 0 Å². The van der Waals surface area contributed by atoms with Gasteiger partial charge in [0.1, 0.15) is 10.1 Å². The summed E-state index contributed by atoms with van der Waals surface area (Å²) in [6, 6.07) is 7.48. The summed E-state index contributed by atoms with van der Waals surface area (Å²) in [7, 11) is 0. The third kappa shape index (κ3) is 2.72. The van der Waals surface area contributed by atoms with Gasteiger partial charge in [-0.15, -0.1) is 0 Å². The molecule has 0 saturated heterocycles. The summed E-state index contributed by atoms with van der Waals surface area (Å²) in [4.78, 5) is 8.45. The smallest absolute Gasteiger partial charge is 0.121 e. The van der Waals surface area contributed by atoms with Crippen molar-refractivity contribution in [2.45, 2.75) is 16.6 Å². The molecule has 0 aliphatic heterocycles. The number of pyridine rings is 2. The van der Waals surface area contributed by atoms with E-state index in [-0.39, 0.29) is 0 Å². The Hall–Kier alpha value is -1.10. The van der Waals surface area contributed by atoms with E-state index in [0.717, 1.165) is 15.6 Å². The van der Waals surface area contributed by atoms with Gasteiger partial charge in [0.15, 0.2) is 0 Å². The first-order valence-corrected chi connectivity index (χ1v) is 5.92. The van der Waals surface area contributed by atoms with Crippen LogP contribution in [0.15, 0.2) is 46.7 Å². The Morgan fingerprint density at radius 1 is 1.25 bits per heavy atom. The number of aromatic nitrogens is 2. The van der Waals surface area contributed by atoms with Crippen molar-refractivity contribution in [3.8, 4) is 0 Å². The van der Waals surface area contributed by atoms with E-state index in [0.29, 0.717) is 11.6 Å². The van der Waals surface area contributed by atoms with Gasteiger partial charge in [0.2, 0.25) is 0 Å². The van der Waals surface area contributed by atoms with E-state index in [1.54, 1.807) is 18.5 Å². The summed E-state index contributed by atoms with van der Waals surface area (Å²) in [5.41, 5.74) is 6.51. The fraction of sp³-hybridized carbons (Fsp3) is 0.0909. The molecular weight excluding hydrogens is 242 g/mol. The Kier molecular flexibility index (Phi) is 3.77. The van der Waals surface area contributed by atoms with Gasteiger partial charge in [-0.05, 0) is 35.5 Å². The molecule has 0 unspecified atom stereocenters. The zero-order valence-electron chi connectivity index (χ0n) is 8.43. The largest absolute Gasteiger partial charge is 0.326 e. The first-order chi connectivity index (χ1) is 7.79. The van der Waals surface area contributed by atoms with Crippen LogP contribution in [0.25, 0.3) is 0 Å². The van der Waals surface area contributed by atoms with Crippen LogP contribution in [0.2, 0.25) is 5.02 Å². The van der Waals surface area contributed by atoms with Gasteiger partial charge in [-0.3, -0.25) is 0 Å². The number of hydrogen-bond donors (Lipinski definition) is 1. The van der Waals surface area contributed by atoms with Crippen LogP contribution in [0, 0.1) is 0 Å². The monoisotopic (exact) mass is 251 g/mol. The van der Waals surface area contributed by atoms with E-state index in [1.807, 2.05) is 18.2 Å². The van der Waals surface area contributed by atoms with Crippen LogP contribution in [0.1, 0.15) is 5.56 Å². The SMILES string of the molecule is NCc1ccc(Sc2ncccc2Cl)nc1. The molecule has 0 spiro atoms. The number of nitrogens with zero attached hydrogens (tertiary/aromatic N) is 2. The Morgan fingerprint density at radius 2 is 2.12 bits per heavy atom. The van der Waals surface area contributed by atoms with Gasteiger partial charge in [-0.2, -0.15) is 0 Å². The van der Waals surface area contributed by atoms with Crippen molar-refractivity contribution in [2.24, 2.45) is 5.73 Å². The molecule has 0 radical (unpaired) electrons. The second kappa shape index (κ2) is 5.30. The van der Waals surface area contributed by atoms with Crippen molar-refractivity contribution in [1.29, 1.82) is 0 Å². The molecule has 0 bridgehead atoms. The van der Waals surface area contributed by atoms with Crippen LogP contribution in [-0.2, 0) is 6.54 Å². The second-order valence-corrected chi connectivity index (χ2v) is 4.52. The molecule has 0 amide bonds. The van der Waals surface area contributed by atoms with Crippen LogP contribution in [0.5, 0.6) is 0 Å². The molecule has 2 N–H and O–H groups in total. The lowest BCUT2D eigenvalue weighted by Crippen LogP contribution is -1.96. The summed E-state index contributed by atoms with van der Waals surface area (Å²) >= 11 is 7.44. The van der Waals surface area contributed by atoms with Crippen molar-refractivity contribution in [2.75, 3.05) is 0 Å². The van der Waals surface area contributed by atoms with Gasteiger partial charge in [-0.1, -0.05) is 17.7 Å². The molecule has 2 rings (SSSR count). The number of halogens is 1. The molecule has 82 valence electrons. The van der Waals surface area contributed by atoms with Gasteiger partial charge in [0.05, 0.1) is 5.02 Å². The molecule has 2 aromatic heterocycles. The van der Waals surface area contributed by atoms with E-state index in [4.69, 9.17) is 17.3 Å². The molecule has 0 aliphatic rings. The fourth-order valence-corrected chi connectivity index (χ4v) is 2.09. The van der Waals surface area contributed by atoms with Crippen molar-refractivity contribution >= 4 is 23.4 Å². The molecule has 3 nitrogen and oxygen atoms in total. The fourth-order valence-electron chi connectivity index (χ4n) is 1.14. The van der Waals surface area contributed by atoms with Gasteiger partial charge in [0, 0.05) is 18.9 Å². The van der Waals surface area contributed by atoms with Gasteiger partial charge >= 0.3 is 0 Å². The molecule has 0 atom stereocenters. The van der Waals surface area contributed by atoms with Crippen LogP contribution >= 0.6 is 23.4 Å². The molecule has 16 heavy (non-hydrogen) atoms. The summed E-state index contributed by atoms with van der Waals surface area (Å²) in [5.74, 6) is 0. The predicted octanol–water partition coefficient (Wildman–Crippen LogP) is 2.74. The van der Waals surface area contributed by atoms with E-state index < -0.39 is 0 Å². The molecule has 0 aromatic carbocycles. The standard InChI is InChI=1S/C11H10ClN3S/c12-9-2-1-5-14-11(9)16-10-4-3-8(6-13)7-15-10/h1-5,7H,6,13H2. The lowest BCUT2D eigenvalue weighted by molar-refractivity contribution is 1.01. The first kappa shape index (κ1) is 11.4.